The molecular formula is C17H27N3O2. The molecule has 5 nitrogen and oxygen atoms in total. The monoisotopic (exact) mass is 305 g/mol. The number of rotatable bonds is 8. The highest BCUT2D eigenvalue weighted by Gasteiger charge is 2.13. The lowest BCUT2D eigenvalue weighted by Gasteiger charge is -2.18. The van der Waals surface area contributed by atoms with Gasteiger partial charge in [-0.05, 0) is 65.2 Å². The normalized spacial score (nSPS) is 10.6. The van der Waals surface area contributed by atoms with Crippen LogP contribution in [0, 0.1) is 0 Å². The summed E-state index contributed by atoms with van der Waals surface area (Å²) in [6, 6.07) is 6.85. The molecular weight excluding hydrogens is 278 g/mol. The summed E-state index contributed by atoms with van der Waals surface area (Å²) in [5, 5.41) is 2.89. The third kappa shape index (κ3) is 5.48. The molecule has 0 heterocycles. The van der Waals surface area contributed by atoms with E-state index in [0.717, 1.165) is 13.0 Å². The van der Waals surface area contributed by atoms with E-state index in [4.69, 9.17) is 0 Å². The second-order valence-corrected chi connectivity index (χ2v) is 5.47. The van der Waals surface area contributed by atoms with Gasteiger partial charge < -0.3 is 15.1 Å². The summed E-state index contributed by atoms with van der Waals surface area (Å²) in [4.78, 5) is 28.0. The van der Waals surface area contributed by atoms with Crippen LogP contribution in [0.5, 0.6) is 0 Å². The summed E-state index contributed by atoms with van der Waals surface area (Å²) in [5.41, 5.74) is 1.20. The molecule has 1 aromatic rings. The number of amides is 2. The first-order chi connectivity index (χ1) is 10.5. The van der Waals surface area contributed by atoms with Crippen LogP contribution in [0.25, 0.3) is 0 Å². The number of hydrogen-bond acceptors (Lipinski definition) is 3. The molecule has 0 fully saturated rings. The third-order valence-corrected chi connectivity index (χ3v) is 3.51. The van der Waals surface area contributed by atoms with Gasteiger partial charge in [0.05, 0.1) is 0 Å². The van der Waals surface area contributed by atoms with Crippen LogP contribution in [0.2, 0.25) is 0 Å². The van der Waals surface area contributed by atoms with Crippen LogP contribution in [0.3, 0.4) is 0 Å². The maximum Gasteiger partial charge on any atom is 0.253 e. The van der Waals surface area contributed by atoms with Gasteiger partial charge in [-0.1, -0.05) is 0 Å². The van der Waals surface area contributed by atoms with Gasteiger partial charge in [0, 0.05) is 30.8 Å². The Morgan fingerprint density at radius 1 is 1.00 bits per heavy atom. The van der Waals surface area contributed by atoms with Crippen molar-refractivity contribution < 1.29 is 9.59 Å². The second-order valence-electron chi connectivity index (χ2n) is 5.47. The summed E-state index contributed by atoms with van der Waals surface area (Å²) in [5.74, 6) is -0.0939. The molecule has 0 unspecified atom stereocenters. The zero-order valence-electron chi connectivity index (χ0n) is 14.1. The molecule has 122 valence electrons. The minimum absolute atomic E-state index is 0.00272. The van der Waals surface area contributed by atoms with E-state index in [1.807, 2.05) is 27.9 Å². The van der Waals surface area contributed by atoms with Gasteiger partial charge in [0.2, 0.25) is 0 Å². The standard InChI is InChI=1S/C17H27N3O2/c1-5-20(6-2)17(22)15-10-8-14(9-11-15)16(21)18-12-7-13-19(3)4/h8-11H,5-7,12-13H2,1-4H3,(H,18,21). The Balaban J connectivity index is 2.57. The smallest absolute Gasteiger partial charge is 0.253 e. The highest BCUT2D eigenvalue weighted by molar-refractivity contribution is 5.97. The molecule has 0 saturated heterocycles. The second kappa shape index (κ2) is 9.20. The Morgan fingerprint density at radius 2 is 1.55 bits per heavy atom. The van der Waals surface area contributed by atoms with Crippen molar-refractivity contribution in [3.63, 3.8) is 0 Å². The van der Waals surface area contributed by atoms with Crippen LogP contribution < -0.4 is 5.32 Å². The van der Waals surface area contributed by atoms with Crippen molar-refractivity contribution in [1.29, 1.82) is 0 Å². The van der Waals surface area contributed by atoms with Crippen LogP contribution >= 0.6 is 0 Å². The molecule has 0 aromatic heterocycles. The molecule has 1 aromatic carbocycles. The molecule has 0 radical (unpaired) electrons. The highest BCUT2D eigenvalue weighted by atomic mass is 16.2. The molecule has 22 heavy (non-hydrogen) atoms. The van der Waals surface area contributed by atoms with Gasteiger partial charge >= 0.3 is 0 Å². The van der Waals surface area contributed by atoms with E-state index in [0.29, 0.717) is 30.8 Å². The van der Waals surface area contributed by atoms with Gasteiger partial charge in [-0.15, -0.1) is 0 Å². The van der Waals surface area contributed by atoms with Crippen molar-refractivity contribution in [3.05, 3.63) is 35.4 Å². The summed E-state index contributed by atoms with van der Waals surface area (Å²) in [7, 11) is 4.01. The predicted molar refractivity (Wildman–Crippen MR) is 89.2 cm³/mol. The van der Waals surface area contributed by atoms with Crippen LogP contribution in [0.15, 0.2) is 24.3 Å². The maximum atomic E-state index is 12.2. The molecule has 1 N–H and O–H groups in total. The number of hydrogen-bond donors (Lipinski definition) is 1. The van der Waals surface area contributed by atoms with Crippen molar-refractivity contribution in [2.45, 2.75) is 20.3 Å². The lowest BCUT2D eigenvalue weighted by molar-refractivity contribution is 0.0772. The first kappa shape index (κ1) is 18.2. The van der Waals surface area contributed by atoms with E-state index < -0.39 is 0 Å². The summed E-state index contributed by atoms with van der Waals surface area (Å²) in [6.45, 7) is 6.87. The maximum absolute atomic E-state index is 12.2. The topological polar surface area (TPSA) is 52.7 Å². The fraction of sp³-hybridized carbons (Fsp3) is 0.529. The van der Waals surface area contributed by atoms with Crippen molar-refractivity contribution >= 4 is 11.8 Å². The first-order valence-electron chi connectivity index (χ1n) is 7.81. The van der Waals surface area contributed by atoms with Gasteiger partial charge in [0.1, 0.15) is 0 Å². The summed E-state index contributed by atoms with van der Waals surface area (Å²) in [6.07, 6.45) is 0.914. The molecule has 0 saturated carbocycles. The van der Waals surface area contributed by atoms with Gasteiger partial charge in [-0.25, -0.2) is 0 Å². The summed E-state index contributed by atoms with van der Waals surface area (Å²) >= 11 is 0. The van der Waals surface area contributed by atoms with Gasteiger partial charge in [-0.2, -0.15) is 0 Å². The van der Waals surface area contributed by atoms with E-state index in [1.165, 1.54) is 0 Å². The van der Waals surface area contributed by atoms with Gasteiger partial charge in [0.25, 0.3) is 11.8 Å². The Hall–Kier alpha value is -1.88. The van der Waals surface area contributed by atoms with Crippen molar-refractivity contribution in [2.75, 3.05) is 40.3 Å². The number of carbonyl (C=O) groups is 2. The van der Waals surface area contributed by atoms with E-state index in [9.17, 15) is 9.59 Å². The Bertz CT molecular complexity index is 479. The fourth-order valence-corrected chi connectivity index (χ4v) is 2.16. The zero-order valence-corrected chi connectivity index (χ0v) is 14.1. The fourth-order valence-electron chi connectivity index (χ4n) is 2.16. The number of nitrogens with one attached hydrogen (secondary N) is 1. The molecule has 2 amide bonds. The Kier molecular flexibility index (Phi) is 7.60. The molecule has 0 spiro atoms. The van der Waals surface area contributed by atoms with E-state index >= 15 is 0 Å². The lowest BCUT2D eigenvalue weighted by atomic mass is 10.1. The number of benzene rings is 1. The van der Waals surface area contributed by atoms with E-state index in [1.54, 1.807) is 29.2 Å². The van der Waals surface area contributed by atoms with Crippen LogP contribution in [0.4, 0.5) is 0 Å². The van der Waals surface area contributed by atoms with E-state index in [-0.39, 0.29) is 11.8 Å². The predicted octanol–water partition coefficient (Wildman–Crippen LogP) is 1.85. The zero-order chi connectivity index (χ0) is 16.5. The Labute approximate surface area is 133 Å². The van der Waals surface area contributed by atoms with Crippen molar-refractivity contribution in [3.8, 4) is 0 Å². The summed E-state index contributed by atoms with van der Waals surface area (Å²) < 4.78 is 0. The third-order valence-electron chi connectivity index (χ3n) is 3.51. The van der Waals surface area contributed by atoms with Gasteiger partial charge in [0.15, 0.2) is 0 Å². The minimum atomic E-state index is -0.0967. The molecule has 0 bridgehead atoms. The largest absolute Gasteiger partial charge is 0.352 e. The van der Waals surface area contributed by atoms with Crippen LogP contribution in [-0.2, 0) is 0 Å². The lowest BCUT2D eigenvalue weighted by Crippen LogP contribution is -2.30. The quantitative estimate of drug-likeness (QED) is 0.746. The molecule has 1 rings (SSSR count). The van der Waals surface area contributed by atoms with Crippen LogP contribution in [-0.4, -0.2) is 61.9 Å². The minimum Gasteiger partial charge on any atom is -0.352 e. The van der Waals surface area contributed by atoms with Crippen molar-refractivity contribution in [2.24, 2.45) is 0 Å². The van der Waals surface area contributed by atoms with Crippen LogP contribution in [0.1, 0.15) is 41.0 Å². The average Bonchev–Trinajstić information content (AvgIpc) is 2.52. The van der Waals surface area contributed by atoms with E-state index in [2.05, 4.69) is 10.2 Å². The van der Waals surface area contributed by atoms with Crippen molar-refractivity contribution in [1.82, 2.24) is 15.1 Å². The SMILES string of the molecule is CCN(CC)C(=O)c1ccc(C(=O)NCCCN(C)C)cc1. The number of carbonyl (C=O) groups excluding carboxylic acids is 2. The molecule has 0 atom stereocenters. The number of nitrogens with zero attached hydrogens (tertiary/aromatic N) is 2. The molecule has 5 heteroatoms. The molecule has 0 aliphatic rings. The Morgan fingerprint density at radius 3 is 2.05 bits per heavy atom. The highest BCUT2D eigenvalue weighted by Crippen LogP contribution is 2.08. The average molecular weight is 305 g/mol. The van der Waals surface area contributed by atoms with Gasteiger partial charge in [-0.3, -0.25) is 9.59 Å². The first-order valence-corrected chi connectivity index (χ1v) is 7.81. The molecule has 0 aliphatic heterocycles. The molecule has 0 aliphatic carbocycles.